The average molecular weight is 322 g/mol. The van der Waals surface area contributed by atoms with Crippen LogP contribution in [0.1, 0.15) is 30.0 Å². The van der Waals surface area contributed by atoms with Crippen LogP contribution < -0.4 is 0 Å². The summed E-state index contributed by atoms with van der Waals surface area (Å²) in [6.45, 7) is 0.806. The predicted octanol–water partition coefficient (Wildman–Crippen LogP) is 4.04. The van der Waals surface area contributed by atoms with E-state index < -0.39 is 12.0 Å². The third kappa shape index (κ3) is 2.98. The maximum Gasteiger partial charge on any atom is 0.320 e. The van der Waals surface area contributed by atoms with Crippen LogP contribution in [0.2, 0.25) is 5.02 Å². The van der Waals surface area contributed by atoms with E-state index in [1.807, 2.05) is 29.6 Å². The van der Waals surface area contributed by atoms with Crippen molar-refractivity contribution in [1.82, 2.24) is 4.90 Å². The number of carbonyl (C=O) groups is 1. The SMILES string of the molecule is O=C(O)C1CCCN1C(c1ccc(Cl)cc1)c1ccsc1. The van der Waals surface area contributed by atoms with Gasteiger partial charge in [0, 0.05) is 11.6 Å². The van der Waals surface area contributed by atoms with E-state index in [-0.39, 0.29) is 6.04 Å². The summed E-state index contributed by atoms with van der Waals surface area (Å²) in [5.41, 5.74) is 2.24. The molecule has 1 aromatic heterocycles. The zero-order valence-corrected chi connectivity index (χ0v) is 13.0. The lowest BCUT2D eigenvalue weighted by Crippen LogP contribution is -2.39. The lowest BCUT2D eigenvalue weighted by Gasteiger charge is -2.31. The largest absolute Gasteiger partial charge is 0.480 e. The van der Waals surface area contributed by atoms with E-state index in [1.54, 1.807) is 11.3 Å². The Morgan fingerprint density at radius 2 is 2.05 bits per heavy atom. The topological polar surface area (TPSA) is 40.5 Å². The van der Waals surface area contributed by atoms with Crippen molar-refractivity contribution < 1.29 is 9.90 Å². The van der Waals surface area contributed by atoms with Gasteiger partial charge in [-0.15, -0.1) is 0 Å². The van der Waals surface area contributed by atoms with Crippen molar-refractivity contribution in [3.8, 4) is 0 Å². The van der Waals surface area contributed by atoms with E-state index in [0.717, 1.165) is 24.1 Å². The fourth-order valence-electron chi connectivity index (χ4n) is 3.01. The summed E-state index contributed by atoms with van der Waals surface area (Å²) in [6.07, 6.45) is 1.63. The number of rotatable bonds is 4. The van der Waals surface area contributed by atoms with Crippen LogP contribution in [0, 0.1) is 0 Å². The van der Waals surface area contributed by atoms with Gasteiger partial charge >= 0.3 is 5.97 Å². The van der Waals surface area contributed by atoms with Gasteiger partial charge in [-0.05, 0) is 52.9 Å². The summed E-state index contributed by atoms with van der Waals surface area (Å²) in [6, 6.07) is 9.34. The molecule has 2 atom stereocenters. The molecule has 2 heterocycles. The van der Waals surface area contributed by atoms with Gasteiger partial charge in [-0.2, -0.15) is 11.3 Å². The number of carboxylic acid groups (broad SMARTS) is 1. The summed E-state index contributed by atoms with van der Waals surface area (Å²) in [7, 11) is 0. The van der Waals surface area contributed by atoms with Crippen LogP contribution in [0.15, 0.2) is 41.1 Å². The lowest BCUT2D eigenvalue weighted by atomic mass is 9.98. The maximum atomic E-state index is 11.5. The highest BCUT2D eigenvalue weighted by Gasteiger charge is 2.36. The average Bonchev–Trinajstić information content (AvgIpc) is 3.13. The quantitative estimate of drug-likeness (QED) is 0.924. The molecule has 2 aromatic rings. The Bertz CT molecular complexity index is 612. The van der Waals surface area contributed by atoms with Gasteiger partial charge in [0.05, 0.1) is 6.04 Å². The molecule has 1 N–H and O–H groups in total. The van der Waals surface area contributed by atoms with E-state index in [9.17, 15) is 9.90 Å². The Balaban J connectivity index is 2.00. The number of likely N-dealkylation sites (tertiary alicyclic amines) is 1. The van der Waals surface area contributed by atoms with Gasteiger partial charge in [0.1, 0.15) is 6.04 Å². The molecule has 2 unspecified atom stereocenters. The molecule has 1 aliphatic rings. The monoisotopic (exact) mass is 321 g/mol. The van der Waals surface area contributed by atoms with Gasteiger partial charge in [-0.1, -0.05) is 23.7 Å². The minimum atomic E-state index is -0.735. The van der Waals surface area contributed by atoms with Crippen molar-refractivity contribution in [2.24, 2.45) is 0 Å². The van der Waals surface area contributed by atoms with Crippen LogP contribution in [0.5, 0.6) is 0 Å². The molecule has 1 saturated heterocycles. The summed E-state index contributed by atoms with van der Waals surface area (Å²) >= 11 is 7.61. The number of halogens is 1. The van der Waals surface area contributed by atoms with Crippen LogP contribution in [0.25, 0.3) is 0 Å². The van der Waals surface area contributed by atoms with E-state index >= 15 is 0 Å². The zero-order valence-electron chi connectivity index (χ0n) is 11.4. The number of hydrogen-bond acceptors (Lipinski definition) is 3. The van der Waals surface area contributed by atoms with Crippen molar-refractivity contribution >= 4 is 28.9 Å². The molecule has 110 valence electrons. The van der Waals surface area contributed by atoms with Gasteiger partial charge < -0.3 is 5.11 Å². The summed E-state index contributed by atoms with van der Waals surface area (Å²) in [5.74, 6) is -0.735. The minimum absolute atomic E-state index is 0.0166. The fourth-order valence-corrected chi connectivity index (χ4v) is 3.82. The summed E-state index contributed by atoms with van der Waals surface area (Å²) < 4.78 is 0. The number of thiophene rings is 1. The first-order valence-electron chi connectivity index (χ1n) is 6.93. The third-order valence-corrected chi connectivity index (χ3v) is 4.91. The molecule has 5 heteroatoms. The first-order chi connectivity index (χ1) is 10.2. The Hall–Kier alpha value is -1.36. The van der Waals surface area contributed by atoms with Gasteiger partial charge in [-0.3, -0.25) is 9.69 Å². The molecule has 0 saturated carbocycles. The van der Waals surface area contributed by atoms with Crippen molar-refractivity contribution in [1.29, 1.82) is 0 Å². The second-order valence-electron chi connectivity index (χ2n) is 5.24. The highest BCUT2D eigenvalue weighted by molar-refractivity contribution is 7.08. The van der Waals surface area contributed by atoms with Crippen LogP contribution in [0.4, 0.5) is 0 Å². The number of hydrogen-bond donors (Lipinski definition) is 1. The molecule has 3 nitrogen and oxygen atoms in total. The zero-order chi connectivity index (χ0) is 14.8. The molecule has 1 aromatic carbocycles. The second kappa shape index (κ2) is 6.18. The van der Waals surface area contributed by atoms with Crippen molar-refractivity contribution in [3.63, 3.8) is 0 Å². The Morgan fingerprint density at radius 1 is 1.29 bits per heavy atom. The molecule has 3 rings (SSSR count). The number of carboxylic acids is 1. The molecular weight excluding hydrogens is 306 g/mol. The lowest BCUT2D eigenvalue weighted by molar-refractivity contribution is -0.142. The smallest absolute Gasteiger partial charge is 0.320 e. The normalized spacial score (nSPS) is 20.5. The van der Waals surface area contributed by atoms with E-state index in [0.29, 0.717) is 11.4 Å². The number of nitrogens with zero attached hydrogens (tertiary/aromatic N) is 1. The minimum Gasteiger partial charge on any atom is -0.480 e. The molecule has 0 aliphatic carbocycles. The highest BCUT2D eigenvalue weighted by Crippen LogP contribution is 2.36. The molecule has 1 fully saturated rings. The Morgan fingerprint density at radius 3 is 2.67 bits per heavy atom. The maximum absolute atomic E-state index is 11.5. The van der Waals surface area contributed by atoms with E-state index in [4.69, 9.17) is 11.6 Å². The van der Waals surface area contributed by atoms with Crippen LogP contribution in [-0.4, -0.2) is 28.6 Å². The molecule has 0 amide bonds. The van der Waals surface area contributed by atoms with Gasteiger partial charge in [0.15, 0.2) is 0 Å². The van der Waals surface area contributed by atoms with Gasteiger partial charge in [-0.25, -0.2) is 0 Å². The number of aliphatic carboxylic acids is 1. The molecule has 1 aliphatic heterocycles. The molecule has 0 spiro atoms. The highest BCUT2D eigenvalue weighted by atomic mass is 35.5. The standard InChI is InChI=1S/C16H16ClNO2S/c17-13-5-3-11(4-6-13)15(12-7-9-21-10-12)18-8-1-2-14(18)16(19)20/h3-7,9-10,14-15H,1-2,8H2,(H,19,20). The molecule has 21 heavy (non-hydrogen) atoms. The first kappa shape index (κ1) is 14.6. The van der Waals surface area contributed by atoms with Crippen molar-refractivity contribution in [3.05, 3.63) is 57.2 Å². The fraction of sp³-hybridized carbons (Fsp3) is 0.312. The summed E-state index contributed by atoms with van der Waals surface area (Å²) in [4.78, 5) is 13.6. The molecule has 0 radical (unpaired) electrons. The Labute approximate surface area is 132 Å². The first-order valence-corrected chi connectivity index (χ1v) is 8.25. The Kier molecular flexibility index (Phi) is 4.29. The van der Waals surface area contributed by atoms with E-state index in [2.05, 4.69) is 16.3 Å². The predicted molar refractivity (Wildman–Crippen MR) is 85.0 cm³/mol. The molecular formula is C16H16ClNO2S. The van der Waals surface area contributed by atoms with E-state index in [1.165, 1.54) is 0 Å². The van der Waals surface area contributed by atoms with Crippen molar-refractivity contribution in [2.45, 2.75) is 24.9 Å². The van der Waals surface area contributed by atoms with Gasteiger partial charge in [0.25, 0.3) is 0 Å². The second-order valence-corrected chi connectivity index (χ2v) is 6.46. The van der Waals surface area contributed by atoms with Crippen molar-refractivity contribution in [2.75, 3.05) is 6.54 Å². The number of benzene rings is 1. The van der Waals surface area contributed by atoms with Crippen LogP contribution >= 0.6 is 22.9 Å². The molecule has 0 bridgehead atoms. The van der Waals surface area contributed by atoms with Gasteiger partial charge in [0.2, 0.25) is 0 Å². The van der Waals surface area contributed by atoms with Crippen LogP contribution in [0.3, 0.4) is 0 Å². The third-order valence-electron chi connectivity index (χ3n) is 3.96. The van der Waals surface area contributed by atoms with Crippen LogP contribution in [-0.2, 0) is 4.79 Å². The summed E-state index contributed by atoms with van der Waals surface area (Å²) in [5, 5.41) is 14.3.